The van der Waals surface area contributed by atoms with E-state index in [1.54, 1.807) is 12.1 Å². The highest BCUT2D eigenvalue weighted by Crippen LogP contribution is 2.17. The van der Waals surface area contributed by atoms with Gasteiger partial charge in [-0.25, -0.2) is 27.9 Å². The normalized spacial score (nSPS) is 19.4. The highest BCUT2D eigenvalue weighted by atomic mass is 32.2. The minimum absolute atomic E-state index is 0.0152. The Morgan fingerprint density at radius 1 is 1.39 bits per heavy atom. The number of aromatic nitrogens is 4. The van der Waals surface area contributed by atoms with Gasteiger partial charge in [-0.15, -0.1) is 0 Å². The van der Waals surface area contributed by atoms with E-state index in [0.29, 0.717) is 24.5 Å². The van der Waals surface area contributed by atoms with E-state index in [0.717, 1.165) is 0 Å². The molecule has 1 aliphatic heterocycles. The Kier molecular flexibility index (Phi) is 4.24. The average Bonchev–Trinajstić information content (AvgIpc) is 3.15. The lowest BCUT2D eigenvalue weighted by molar-refractivity contribution is 0.250. The van der Waals surface area contributed by atoms with Crippen molar-refractivity contribution < 1.29 is 13.2 Å². The third kappa shape index (κ3) is 4.03. The maximum Gasteiger partial charge on any atom is 0.319 e. The van der Waals surface area contributed by atoms with E-state index in [9.17, 15) is 13.2 Å². The van der Waals surface area contributed by atoms with Crippen molar-refractivity contribution in [2.24, 2.45) is 5.92 Å². The number of hydrogen-bond donors (Lipinski definition) is 2. The maximum absolute atomic E-state index is 11.8. The first kappa shape index (κ1) is 15.4. The Bertz CT molecular complexity index is 773. The van der Waals surface area contributed by atoms with E-state index in [1.807, 2.05) is 0 Å². The second-order valence-electron chi connectivity index (χ2n) is 5.35. The first-order valence-corrected chi connectivity index (χ1v) is 8.90. The van der Waals surface area contributed by atoms with Crippen molar-refractivity contribution >= 4 is 21.6 Å². The molecule has 0 spiro atoms. The van der Waals surface area contributed by atoms with Crippen molar-refractivity contribution in [1.29, 1.82) is 0 Å². The summed E-state index contributed by atoms with van der Waals surface area (Å²) in [5, 5.41) is 9.29. The molecule has 0 unspecified atom stereocenters. The maximum atomic E-state index is 11.8. The van der Waals surface area contributed by atoms with Gasteiger partial charge in [0.05, 0.1) is 23.4 Å². The van der Waals surface area contributed by atoms with Crippen LogP contribution in [0.5, 0.6) is 0 Å². The van der Waals surface area contributed by atoms with E-state index < -0.39 is 9.84 Å². The summed E-state index contributed by atoms with van der Waals surface area (Å²) in [6.45, 7) is 0.343. The first-order valence-electron chi connectivity index (χ1n) is 7.08. The number of urea groups is 1. The standard InChI is InChI=1S/C13H16N6O3S/c20-13(16-5-10-3-4-23(21,22)7-10)18-11-1-2-12(15-6-11)19-9-14-8-17-19/h1-2,6,8-10H,3-5,7H2,(H2,16,18,20)/t10-/m0/s1. The molecule has 1 saturated heterocycles. The van der Waals surface area contributed by atoms with Crippen LogP contribution >= 0.6 is 0 Å². The van der Waals surface area contributed by atoms with Gasteiger partial charge in [-0.1, -0.05) is 0 Å². The summed E-state index contributed by atoms with van der Waals surface area (Å²) in [6.07, 6.45) is 5.04. The fourth-order valence-corrected chi connectivity index (χ4v) is 4.23. The van der Waals surface area contributed by atoms with Crippen LogP contribution in [0.4, 0.5) is 10.5 Å². The van der Waals surface area contributed by atoms with Gasteiger partial charge in [0, 0.05) is 6.54 Å². The summed E-state index contributed by atoms with van der Waals surface area (Å²) < 4.78 is 24.2. The van der Waals surface area contributed by atoms with Gasteiger partial charge >= 0.3 is 6.03 Å². The molecule has 3 heterocycles. The van der Waals surface area contributed by atoms with Crippen molar-refractivity contribution in [3.8, 4) is 5.82 Å². The predicted octanol–water partition coefficient (Wildman–Crippen LogP) is 0.218. The quantitative estimate of drug-likeness (QED) is 0.824. The van der Waals surface area contributed by atoms with Gasteiger partial charge < -0.3 is 10.6 Å². The molecular weight excluding hydrogens is 320 g/mol. The number of rotatable bonds is 4. The molecule has 0 aromatic carbocycles. The number of nitrogens with one attached hydrogen (secondary N) is 2. The summed E-state index contributed by atoms with van der Waals surface area (Å²) in [5.41, 5.74) is 0.533. The Balaban J connectivity index is 1.50. The number of pyridine rings is 1. The van der Waals surface area contributed by atoms with Crippen LogP contribution in [0.25, 0.3) is 5.82 Å². The molecule has 122 valence electrons. The molecule has 9 nitrogen and oxygen atoms in total. The number of hydrogen-bond acceptors (Lipinski definition) is 6. The Labute approximate surface area is 133 Å². The fourth-order valence-electron chi connectivity index (χ4n) is 2.37. The van der Waals surface area contributed by atoms with Gasteiger partial charge in [0.25, 0.3) is 0 Å². The minimum Gasteiger partial charge on any atom is -0.338 e. The van der Waals surface area contributed by atoms with Gasteiger partial charge in [-0.2, -0.15) is 5.10 Å². The minimum atomic E-state index is -2.92. The van der Waals surface area contributed by atoms with E-state index in [2.05, 4.69) is 25.7 Å². The lowest BCUT2D eigenvalue weighted by atomic mass is 10.1. The summed E-state index contributed by atoms with van der Waals surface area (Å²) in [5.74, 6) is 0.916. The van der Waals surface area contributed by atoms with E-state index in [-0.39, 0.29) is 23.5 Å². The summed E-state index contributed by atoms with van der Waals surface area (Å²) in [7, 11) is -2.92. The lowest BCUT2D eigenvalue weighted by Crippen LogP contribution is -2.33. The largest absolute Gasteiger partial charge is 0.338 e. The summed E-state index contributed by atoms with van der Waals surface area (Å²) >= 11 is 0. The van der Waals surface area contributed by atoms with Crippen LogP contribution in [-0.2, 0) is 9.84 Å². The molecule has 10 heteroatoms. The molecule has 23 heavy (non-hydrogen) atoms. The van der Waals surface area contributed by atoms with Crippen LogP contribution in [0.2, 0.25) is 0 Å². The number of carbonyl (C=O) groups excluding carboxylic acids is 1. The Morgan fingerprint density at radius 3 is 2.87 bits per heavy atom. The van der Waals surface area contributed by atoms with Gasteiger partial charge in [0.2, 0.25) is 0 Å². The van der Waals surface area contributed by atoms with Crippen LogP contribution in [0.3, 0.4) is 0 Å². The smallest absolute Gasteiger partial charge is 0.319 e. The summed E-state index contributed by atoms with van der Waals surface area (Å²) in [6, 6.07) is 3.02. The van der Waals surface area contributed by atoms with Gasteiger partial charge in [0.1, 0.15) is 12.7 Å². The van der Waals surface area contributed by atoms with Gasteiger partial charge in [-0.3, -0.25) is 0 Å². The van der Waals surface area contributed by atoms with Gasteiger partial charge in [-0.05, 0) is 24.5 Å². The van der Waals surface area contributed by atoms with Crippen molar-refractivity contribution in [3.05, 3.63) is 31.0 Å². The lowest BCUT2D eigenvalue weighted by Gasteiger charge is -2.11. The fraction of sp³-hybridized carbons (Fsp3) is 0.385. The zero-order chi connectivity index (χ0) is 16.3. The molecule has 0 bridgehead atoms. The SMILES string of the molecule is O=C(NC[C@@H]1CCS(=O)(=O)C1)Nc1ccc(-n2cncn2)nc1. The monoisotopic (exact) mass is 336 g/mol. The topological polar surface area (TPSA) is 119 Å². The molecule has 2 aromatic heterocycles. The second-order valence-corrected chi connectivity index (χ2v) is 7.58. The summed E-state index contributed by atoms with van der Waals surface area (Å²) in [4.78, 5) is 19.8. The molecule has 1 atom stereocenters. The molecular formula is C13H16N6O3S. The van der Waals surface area contributed by atoms with E-state index >= 15 is 0 Å². The van der Waals surface area contributed by atoms with E-state index in [1.165, 1.54) is 23.5 Å². The number of carbonyl (C=O) groups is 1. The molecule has 2 amide bonds. The molecule has 0 saturated carbocycles. The van der Waals surface area contributed by atoms with Crippen molar-refractivity contribution in [1.82, 2.24) is 25.1 Å². The molecule has 0 aliphatic carbocycles. The molecule has 1 fully saturated rings. The molecule has 0 radical (unpaired) electrons. The van der Waals surface area contributed by atoms with Crippen LogP contribution in [-0.4, -0.2) is 52.2 Å². The van der Waals surface area contributed by atoms with Crippen LogP contribution in [0.1, 0.15) is 6.42 Å². The van der Waals surface area contributed by atoms with Crippen molar-refractivity contribution in [2.75, 3.05) is 23.4 Å². The van der Waals surface area contributed by atoms with Crippen LogP contribution < -0.4 is 10.6 Å². The molecule has 2 aromatic rings. The van der Waals surface area contributed by atoms with Crippen molar-refractivity contribution in [3.63, 3.8) is 0 Å². The molecule has 2 N–H and O–H groups in total. The Morgan fingerprint density at radius 2 is 2.26 bits per heavy atom. The number of anilines is 1. The molecule has 3 rings (SSSR count). The zero-order valence-electron chi connectivity index (χ0n) is 12.2. The highest BCUT2D eigenvalue weighted by molar-refractivity contribution is 7.91. The first-order chi connectivity index (χ1) is 11.0. The van der Waals surface area contributed by atoms with Crippen molar-refractivity contribution in [2.45, 2.75) is 6.42 Å². The zero-order valence-corrected chi connectivity index (χ0v) is 13.0. The van der Waals surface area contributed by atoms with Crippen LogP contribution in [0.15, 0.2) is 31.0 Å². The second kappa shape index (κ2) is 6.32. The molecule has 1 aliphatic rings. The highest BCUT2D eigenvalue weighted by Gasteiger charge is 2.27. The number of amides is 2. The number of nitrogens with zero attached hydrogens (tertiary/aromatic N) is 4. The third-order valence-electron chi connectivity index (χ3n) is 3.54. The van der Waals surface area contributed by atoms with Gasteiger partial charge in [0.15, 0.2) is 15.7 Å². The third-order valence-corrected chi connectivity index (χ3v) is 5.37. The number of sulfone groups is 1. The Hall–Kier alpha value is -2.49. The van der Waals surface area contributed by atoms with Crippen LogP contribution in [0, 0.1) is 5.92 Å². The van der Waals surface area contributed by atoms with E-state index in [4.69, 9.17) is 0 Å². The predicted molar refractivity (Wildman–Crippen MR) is 82.9 cm³/mol. The average molecular weight is 336 g/mol.